The van der Waals surface area contributed by atoms with Crippen molar-refractivity contribution in [3.8, 4) is 0 Å². The van der Waals surface area contributed by atoms with Gasteiger partial charge in [0.2, 0.25) is 0 Å². The predicted octanol–water partition coefficient (Wildman–Crippen LogP) is 3.64. The quantitative estimate of drug-likeness (QED) is 0.837. The third-order valence-electron chi connectivity index (χ3n) is 4.29. The standard InChI is InChI=1S/C17H19N3O/c1-3-13-10-19-16-9-12(14-4-2-8-21-11-14)5-6-15(16)20-17(13)18-7-1/h1,3,5-7,9,14,19H,2,4,8,10-11H2,(H,18,20)/t14-/m0/s1. The number of nitrogens with zero attached hydrogens (tertiary/aromatic N) is 1. The van der Waals surface area contributed by atoms with E-state index >= 15 is 0 Å². The molecule has 2 aromatic rings. The molecule has 21 heavy (non-hydrogen) atoms. The van der Waals surface area contributed by atoms with Crippen molar-refractivity contribution in [2.75, 3.05) is 23.8 Å². The van der Waals surface area contributed by atoms with Crippen molar-refractivity contribution < 1.29 is 4.74 Å². The van der Waals surface area contributed by atoms with Crippen LogP contribution in [0.5, 0.6) is 0 Å². The zero-order chi connectivity index (χ0) is 14.1. The molecule has 0 spiro atoms. The minimum absolute atomic E-state index is 0.523. The largest absolute Gasteiger partial charge is 0.381 e. The van der Waals surface area contributed by atoms with Gasteiger partial charge in [0.25, 0.3) is 0 Å². The lowest BCUT2D eigenvalue weighted by atomic mass is 9.93. The second-order valence-corrected chi connectivity index (χ2v) is 5.71. The predicted molar refractivity (Wildman–Crippen MR) is 84.1 cm³/mol. The van der Waals surface area contributed by atoms with E-state index in [0.717, 1.165) is 43.4 Å². The fourth-order valence-corrected chi connectivity index (χ4v) is 3.09. The van der Waals surface area contributed by atoms with Crippen LogP contribution in [-0.2, 0) is 11.3 Å². The lowest BCUT2D eigenvalue weighted by Crippen LogP contribution is -2.15. The van der Waals surface area contributed by atoms with E-state index in [2.05, 4.69) is 39.9 Å². The van der Waals surface area contributed by atoms with E-state index in [0.29, 0.717) is 5.92 Å². The van der Waals surface area contributed by atoms with Gasteiger partial charge in [-0.2, -0.15) is 0 Å². The van der Waals surface area contributed by atoms with Crippen LogP contribution in [0.25, 0.3) is 0 Å². The topological polar surface area (TPSA) is 46.2 Å². The molecule has 1 fully saturated rings. The Morgan fingerprint density at radius 2 is 2.19 bits per heavy atom. The molecule has 0 bridgehead atoms. The summed E-state index contributed by atoms with van der Waals surface area (Å²) in [4.78, 5) is 4.42. The van der Waals surface area contributed by atoms with Crippen molar-refractivity contribution in [3.63, 3.8) is 0 Å². The molecule has 0 radical (unpaired) electrons. The number of anilines is 3. The maximum Gasteiger partial charge on any atom is 0.135 e. The first-order chi connectivity index (χ1) is 10.4. The van der Waals surface area contributed by atoms with Gasteiger partial charge in [0.05, 0.1) is 18.0 Å². The first kappa shape index (κ1) is 12.7. The summed E-state index contributed by atoms with van der Waals surface area (Å²) in [6, 6.07) is 10.7. The smallest absolute Gasteiger partial charge is 0.135 e. The zero-order valence-corrected chi connectivity index (χ0v) is 11.9. The van der Waals surface area contributed by atoms with Crippen LogP contribution < -0.4 is 10.6 Å². The van der Waals surface area contributed by atoms with Gasteiger partial charge < -0.3 is 15.4 Å². The maximum atomic E-state index is 5.61. The van der Waals surface area contributed by atoms with Crippen LogP contribution in [0, 0.1) is 0 Å². The normalized spacial score (nSPS) is 20.5. The molecule has 1 aromatic carbocycles. The van der Waals surface area contributed by atoms with Crippen LogP contribution in [0.4, 0.5) is 17.2 Å². The molecule has 0 amide bonds. The van der Waals surface area contributed by atoms with Crippen LogP contribution in [0.2, 0.25) is 0 Å². The highest BCUT2D eigenvalue weighted by molar-refractivity contribution is 5.77. The van der Waals surface area contributed by atoms with Crippen molar-refractivity contribution >= 4 is 17.2 Å². The van der Waals surface area contributed by atoms with Gasteiger partial charge in [0, 0.05) is 30.8 Å². The summed E-state index contributed by atoms with van der Waals surface area (Å²) in [6.45, 7) is 2.55. The molecular formula is C17H19N3O. The highest BCUT2D eigenvalue weighted by Crippen LogP contribution is 2.34. The van der Waals surface area contributed by atoms with E-state index in [-0.39, 0.29) is 0 Å². The van der Waals surface area contributed by atoms with Crippen molar-refractivity contribution in [2.24, 2.45) is 0 Å². The van der Waals surface area contributed by atoms with E-state index < -0.39 is 0 Å². The number of fused-ring (bicyclic) bond motifs is 2. The minimum Gasteiger partial charge on any atom is -0.381 e. The van der Waals surface area contributed by atoms with Gasteiger partial charge in [-0.3, -0.25) is 0 Å². The zero-order valence-electron chi connectivity index (χ0n) is 11.9. The third-order valence-corrected chi connectivity index (χ3v) is 4.29. The summed E-state index contributed by atoms with van der Waals surface area (Å²) in [6.07, 6.45) is 4.20. The molecule has 108 valence electrons. The van der Waals surface area contributed by atoms with Crippen molar-refractivity contribution in [2.45, 2.75) is 25.3 Å². The fourth-order valence-electron chi connectivity index (χ4n) is 3.09. The van der Waals surface area contributed by atoms with Crippen molar-refractivity contribution in [3.05, 3.63) is 47.7 Å². The summed E-state index contributed by atoms with van der Waals surface area (Å²) in [5, 5.41) is 6.95. The fraction of sp³-hybridized carbons (Fsp3) is 0.353. The highest BCUT2D eigenvalue weighted by atomic mass is 16.5. The van der Waals surface area contributed by atoms with Gasteiger partial charge in [0.1, 0.15) is 5.82 Å². The first-order valence-electron chi connectivity index (χ1n) is 7.56. The lowest BCUT2D eigenvalue weighted by molar-refractivity contribution is 0.0804. The van der Waals surface area contributed by atoms with E-state index in [4.69, 9.17) is 4.74 Å². The molecule has 4 rings (SSSR count). The Morgan fingerprint density at radius 3 is 3.10 bits per heavy atom. The van der Waals surface area contributed by atoms with E-state index in [1.807, 2.05) is 12.3 Å². The number of benzene rings is 1. The molecule has 0 saturated carbocycles. The minimum atomic E-state index is 0.523. The average molecular weight is 281 g/mol. The molecule has 0 unspecified atom stereocenters. The van der Waals surface area contributed by atoms with Crippen LogP contribution in [-0.4, -0.2) is 18.2 Å². The first-order valence-corrected chi connectivity index (χ1v) is 7.56. The van der Waals surface area contributed by atoms with E-state index in [9.17, 15) is 0 Å². The molecular weight excluding hydrogens is 262 g/mol. The molecule has 2 N–H and O–H groups in total. The Kier molecular flexibility index (Phi) is 3.24. The number of aromatic nitrogens is 1. The molecule has 2 aliphatic rings. The summed E-state index contributed by atoms with van der Waals surface area (Å²) in [7, 11) is 0. The Bertz CT molecular complexity index is 650. The molecule has 1 saturated heterocycles. The Labute approximate surface area is 124 Å². The summed E-state index contributed by atoms with van der Waals surface area (Å²) >= 11 is 0. The Balaban J connectivity index is 1.64. The number of hydrogen-bond donors (Lipinski definition) is 2. The molecule has 0 aliphatic carbocycles. The highest BCUT2D eigenvalue weighted by Gasteiger charge is 2.19. The number of pyridine rings is 1. The number of rotatable bonds is 1. The van der Waals surface area contributed by atoms with Crippen LogP contribution >= 0.6 is 0 Å². The second kappa shape index (κ2) is 5.37. The van der Waals surface area contributed by atoms with Gasteiger partial charge in [-0.15, -0.1) is 0 Å². The average Bonchev–Trinajstić information content (AvgIpc) is 2.74. The summed E-state index contributed by atoms with van der Waals surface area (Å²) < 4.78 is 5.61. The third kappa shape index (κ3) is 2.47. The molecule has 1 atom stereocenters. The SMILES string of the molecule is c1cnc2c(c1)CNc1cc([C@H]3CCCOC3)ccc1N2. The molecule has 2 aliphatic heterocycles. The molecule has 4 nitrogen and oxygen atoms in total. The van der Waals surface area contributed by atoms with Gasteiger partial charge in [-0.1, -0.05) is 12.1 Å². The number of nitrogens with one attached hydrogen (secondary N) is 2. The van der Waals surface area contributed by atoms with Crippen LogP contribution in [0.1, 0.15) is 29.9 Å². The summed E-state index contributed by atoms with van der Waals surface area (Å²) in [5.41, 5.74) is 4.79. The van der Waals surface area contributed by atoms with Crippen molar-refractivity contribution in [1.82, 2.24) is 4.98 Å². The lowest BCUT2D eigenvalue weighted by Gasteiger charge is -2.23. The van der Waals surface area contributed by atoms with Crippen LogP contribution in [0.3, 0.4) is 0 Å². The van der Waals surface area contributed by atoms with Gasteiger partial charge in [-0.05, 0) is 36.6 Å². The maximum absolute atomic E-state index is 5.61. The van der Waals surface area contributed by atoms with Crippen molar-refractivity contribution in [1.29, 1.82) is 0 Å². The van der Waals surface area contributed by atoms with Gasteiger partial charge >= 0.3 is 0 Å². The van der Waals surface area contributed by atoms with Gasteiger partial charge in [0.15, 0.2) is 0 Å². The summed E-state index contributed by atoms with van der Waals surface area (Å²) in [5.74, 6) is 1.46. The number of ether oxygens (including phenoxy) is 1. The van der Waals surface area contributed by atoms with E-state index in [1.54, 1.807) is 0 Å². The van der Waals surface area contributed by atoms with Gasteiger partial charge in [-0.25, -0.2) is 4.98 Å². The molecule has 3 heterocycles. The van der Waals surface area contributed by atoms with Crippen LogP contribution in [0.15, 0.2) is 36.5 Å². The second-order valence-electron chi connectivity index (χ2n) is 5.71. The van der Waals surface area contributed by atoms with E-state index in [1.165, 1.54) is 17.5 Å². The molecule has 1 aromatic heterocycles. The number of hydrogen-bond acceptors (Lipinski definition) is 4. The Hall–Kier alpha value is -2.07. The molecule has 4 heteroatoms. The Morgan fingerprint density at radius 1 is 1.19 bits per heavy atom. The monoisotopic (exact) mass is 281 g/mol.